The molecule has 3 heterocycles. The molecule has 7 heteroatoms. The highest BCUT2D eigenvalue weighted by Gasteiger charge is 2.37. The zero-order valence-corrected chi connectivity index (χ0v) is 13.4. The van der Waals surface area contributed by atoms with E-state index in [2.05, 4.69) is 10.2 Å². The third-order valence-electron chi connectivity index (χ3n) is 5.28. The third-order valence-corrected chi connectivity index (χ3v) is 7.03. The second kappa shape index (κ2) is 5.85. The van der Waals surface area contributed by atoms with Crippen molar-refractivity contribution < 1.29 is 13.2 Å². The number of likely N-dealkylation sites (N-methyl/N-ethyl adjacent to an activating group) is 1. The van der Waals surface area contributed by atoms with Gasteiger partial charge >= 0.3 is 0 Å². The van der Waals surface area contributed by atoms with Gasteiger partial charge in [-0.05, 0) is 38.3 Å². The quantitative estimate of drug-likeness (QED) is 0.747. The molecule has 1 N–H and O–H groups in total. The van der Waals surface area contributed by atoms with Gasteiger partial charge in [0.2, 0.25) is 5.91 Å². The maximum Gasteiger partial charge on any atom is 0.236 e. The van der Waals surface area contributed by atoms with Crippen LogP contribution in [-0.4, -0.2) is 80.9 Å². The van der Waals surface area contributed by atoms with E-state index in [0.29, 0.717) is 24.9 Å². The Bertz CT molecular complexity index is 508. The van der Waals surface area contributed by atoms with Crippen molar-refractivity contribution >= 4 is 15.7 Å². The topological polar surface area (TPSA) is 69.7 Å². The summed E-state index contributed by atoms with van der Waals surface area (Å²) >= 11 is 0. The van der Waals surface area contributed by atoms with Crippen LogP contribution in [0.15, 0.2) is 0 Å². The molecule has 3 atom stereocenters. The molecule has 0 radical (unpaired) electrons. The fourth-order valence-electron chi connectivity index (χ4n) is 3.93. The Morgan fingerprint density at radius 1 is 1.33 bits per heavy atom. The molecule has 3 rings (SSSR count). The second-order valence-corrected chi connectivity index (χ2v) is 8.89. The number of nitrogens with one attached hydrogen (secondary N) is 1. The molecule has 0 bridgehead atoms. The molecule has 0 aromatic rings. The number of hydrogen-bond donors (Lipinski definition) is 1. The zero-order chi connectivity index (χ0) is 15.0. The Kier molecular flexibility index (Phi) is 4.25. The predicted molar refractivity (Wildman–Crippen MR) is 80.8 cm³/mol. The first kappa shape index (κ1) is 15.2. The van der Waals surface area contributed by atoms with Gasteiger partial charge in [0, 0.05) is 25.7 Å². The van der Waals surface area contributed by atoms with Crippen molar-refractivity contribution in [2.24, 2.45) is 5.92 Å². The summed E-state index contributed by atoms with van der Waals surface area (Å²) in [7, 11) is -1.19. The molecule has 0 aromatic heterocycles. The van der Waals surface area contributed by atoms with Crippen molar-refractivity contribution in [1.82, 2.24) is 15.1 Å². The van der Waals surface area contributed by atoms with E-state index in [9.17, 15) is 13.2 Å². The number of amides is 1. The number of fused-ring (bicyclic) bond motifs is 1. The smallest absolute Gasteiger partial charge is 0.236 e. The maximum atomic E-state index is 12.5. The van der Waals surface area contributed by atoms with Gasteiger partial charge in [0.15, 0.2) is 9.84 Å². The van der Waals surface area contributed by atoms with E-state index in [1.165, 1.54) is 6.42 Å². The van der Waals surface area contributed by atoms with Crippen LogP contribution in [0.1, 0.15) is 19.3 Å². The lowest BCUT2D eigenvalue weighted by Gasteiger charge is -2.37. The highest BCUT2D eigenvalue weighted by Crippen LogP contribution is 2.26. The van der Waals surface area contributed by atoms with E-state index in [1.54, 1.807) is 11.9 Å². The van der Waals surface area contributed by atoms with E-state index in [1.807, 2.05) is 0 Å². The summed E-state index contributed by atoms with van der Waals surface area (Å²) in [4.78, 5) is 16.4. The van der Waals surface area contributed by atoms with Crippen LogP contribution >= 0.6 is 0 Å². The van der Waals surface area contributed by atoms with E-state index >= 15 is 0 Å². The average Bonchev–Trinajstić information content (AvgIpc) is 3.04. The van der Waals surface area contributed by atoms with Gasteiger partial charge in [0.1, 0.15) is 0 Å². The van der Waals surface area contributed by atoms with Crippen molar-refractivity contribution in [2.45, 2.75) is 31.3 Å². The summed E-state index contributed by atoms with van der Waals surface area (Å²) in [6.07, 6.45) is 2.98. The number of piperidine rings is 1. The van der Waals surface area contributed by atoms with Gasteiger partial charge in [-0.3, -0.25) is 9.69 Å². The molecule has 3 aliphatic rings. The SMILES string of the molecule is CN(C(=O)CN1CCCC2CNCC21)C1CCS(=O)(=O)C1. The number of rotatable bonds is 3. The monoisotopic (exact) mass is 315 g/mol. The average molecular weight is 315 g/mol. The molecule has 3 unspecified atom stereocenters. The molecule has 0 aliphatic carbocycles. The summed E-state index contributed by atoms with van der Waals surface area (Å²) in [5.74, 6) is 1.07. The lowest BCUT2D eigenvalue weighted by Crippen LogP contribution is -2.51. The lowest BCUT2D eigenvalue weighted by atomic mass is 9.92. The van der Waals surface area contributed by atoms with Crippen molar-refractivity contribution in [2.75, 3.05) is 44.7 Å². The summed E-state index contributed by atoms with van der Waals surface area (Å²) < 4.78 is 23.1. The van der Waals surface area contributed by atoms with E-state index in [-0.39, 0.29) is 23.5 Å². The van der Waals surface area contributed by atoms with Crippen LogP contribution in [0.4, 0.5) is 0 Å². The van der Waals surface area contributed by atoms with Crippen molar-refractivity contribution in [3.05, 3.63) is 0 Å². The number of sulfone groups is 1. The molecule has 1 amide bonds. The Hall–Kier alpha value is -0.660. The lowest BCUT2D eigenvalue weighted by molar-refractivity contribution is -0.133. The standard InChI is InChI=1S/C14H25N3O3S/c1-16(12-4-6-21(19,20)10-12)14(18)9-17-5-2-3-11-7-15-8-13(11)17/h11-13,15H,2-10H2,1H3. The van der Waals surface area contributed by atoms with Gasteiger partial charge < -0.3 is 10.2 Å². The van der Waals surface area contributed by atoms with Crippen LogP contribution in [0.3, 0.4) is 0 Å². The maximum absolute atomic E-state index is 12.5. The van der Waals surface area contributed by atoms with E-state index in [0.717, 1.165) is 26.1 Å². The molecule has 6 nitrogen and oxygen atoms in total. The first-order valence-electron chi connectivity index (χ1n) is 7.87. The molecule has 0 saturated carbocycles. The highest BCUT2D eigenvalue weighted by atomic mass is 32.2. The Morgan fingerprint density at radius 3 is 2.86 bits per heavy atom. The van der Waals surface area contributed by atoms with Gasteiger partial charge in [0.25, 0.3) is 0 Å². The van der Waals surface area contributed by atoms with Gasteiger partial charge in [-0.2, -0.15) is 0 Å². The number of nitrogens with zero attached hydrogens (tertiary/aromatic N) is 2. The van der Waals surface area contributed by atoms with Crippen LogP contribution in [0.25, 0.3) is 0 Å². The van der Waals surface area contributed by atoms with Gasteiger partial charge in [-0.25, -0.2) is 8.42 Å². The number of carbonyl (C=O) groups is 1. The Morgan fingerprint density at radius 2 is 2.14 bits per heavy atom. The van der Waals surface area contributed by atoms with Crippen molar-refractivity contribution in [3.63, 3.8) is 0 Å². The summed E-state index contributed by atoms with van der Waals surface area (Å²) in [5, 5.41) is 3.42. The van der Waals surface area contributed by atoms with E-state index in [4.69, 9.17) is 0 Å². The van der Waals surface area contributed by atoms with E-state index < -0.39 is 9.84 Å². The minimum atomic E-state index is -2.94. The molecule has 0 aromatic carbocycles. The number of likely N-dealkylation sites (tertiary alicyclic amines) is 1. The second-order valence-electron chi connectivity index (χ2n) is 6.66. The molecule has 3 saturated heterocycles. The fourth-order valence-corrected chi connectivity index (χ4v) is 5.70. The predicted octanol–water partition coefficient (Wildman–Crippen LogP) is -0.684. The minimum absolute atomic E-state index is 0.0599. The van der Waals surface area contributed by atoms with Gasteiger partial charge in [-0.1, -0.05) is 0 Å². The first-order valence-corrected chi connectivity index (χ1v) is 9.69. The molecule has 21 heavy (non-hydrogen) atoms. The van der Waals surface area contributed by atoms with Crippen LogP contribution in [0, 0.1) is 5.92 Å². The van der Waals surface area contributed by atoms with Crippen molar-refractivity contribution in [1.29, 1.82) is 0 Å². The molecular weight excluding hydrogens is 290 g/mol. The van der Waals surface area contributed by atoms with Crippen LogP contribution in [0.2, 0.25) is 0 Å². The summed E-state index contributed by atoms with van der Waals surface area (Å²) in [6, 6.07) is 0.341. The minimum Gasteiger partial charge on any atom is -0.341 e. The molecule has 3 fully saturated rings. The Balaban J connectivity index is 1.58. The normalized spacial score (nSPS) is 35.6. The number of carbonyl (C=O) groups excluding carboxylic acids is 1. The van der Waals surface area contributed by atoms with Crippen LogP contribution < -0.4 is 5.32 Å². The fraction of sp³-hybridized carbons (Fsp3) is 0.929. The van der Waals surface area contributed by atoms with Crippen LogP contribution in [-0.2, 0) is 14.6 Å². The van der Waals surface area contributed by atoms with Gasteiger partial charge in [-0.15, -0.1) is 0 Å². The Labute approximate surface area is 126 Å². The molecule has 3 aliphatic heterocycles. The zero-order valence-electron chi connectivity index (χ0n) is 12.6. The molecule has 0 spiro atoms. The summed E-state index contributed by atoms with van der Waals surface area (Å²) in [6.45, 7) is 3.44. The first-order chi connectivity index (χ1) is 9.96. The molecular formula is C14H25N3O3S. The highest BCUT2D eigenvalue weighted by molar-refractivity contribution is 7.91. The van der Waals surface area contributed by atoms with Gasteiger partial charge in [0.05, 0.1) is 18.1 Å². The van der Waals surface area contributed by atoms with Crippen LogP contribution in [0.5, 0.6) is 0 Å². The van der Waals surface area contributed by atoms with Crippen molar-refractivity contribution in [3.8, 4) is 0 Å². The summed E-state index contributed by atoms with van der Waals surface area (Å²) in [5.41, 5.74) is 0. The third kappa shape index (κ3) is 3.24. The number of hydrogen-bond acceptors (Lipinski definition) is 5. The largest absolute Gasteiger partial charge is 0.341 e. The molecule has 120 valence electrons.